The molecule has 0 saturated carbocycles. The Morgan fingerprint density at radius 3 is 2.39 bits per heavy atom. The van der Waals surface area contributed by atoms with Crippen molar-refractivity contribution in [3.63, 3.8) is 0 Å². The van der Waals surface area contributed by atoms with Crippen molar-refractivity contribution in [2.75, 3.05) is 5.32 Å². The van der Waals surface area contributed by atoms with Gasteiger partial charge in [-0.15, -0.1) is 22.7 Å². The summed E-state index contributed by atoms with van der Waals surface area (Å²) in [5.74, 6) is -0.363. The number of carbonyl (C=O) groups excluding carboxylic acids is 2. The second kappa shape index (κ2) is 9.87. The van der Waals surface area contributed by atoms with Crippen molar-refractivity contribution in [3.8, 4) is 0 Å². The number of hydrogen-bond donors (Lipinski definition) is 2. The Hall–Kier alpha value is -3.00. The van der Waals surface area contributed by atoms with Gasteiger partial charge in [0.05, 0.1) is 23.0 Å². The maximum atomic E-state index is 12.8. The Balaban J connectivity index is 1.44. The van der Waals surface area contributed by atoms with Crippen LogP contribution >= 0.6 is 34.3 Å². The van der Waals surface area contributed by atoms with Crippen molar-refractivity contribution in [1.82, 2.24) is 10.3 Å². The van der Waals surface area contributed by atoms with E-state index in [0.29, 0.717) is 20.7 Å². The van der Waals surface area contributed by atoms with Gasteiger partial charge in [-0.05, 0) is 34.7 Å². The van der Waals surface area contributed by atoms with Crippen LogP contribution in [0.2, 0.25) is 5.02 Å². The Morgan fingerprint density at radius 2 is 1.68 bits per heavy atom. The summed E-state index contributed by atoms with van der Waals surface area (Å²) in [5.41, 5.74) is 2.51. The van der Waals surface area contributed by atoms with Gasteiger partial charge in [0.2, 0.25) is 5.91 Å². The maximum Gasteiger partial charge on any atom is 0.267 e. The van der Waals surface area contributed by atoms with Crippen molar-refractivity contribution < 1.29 is 9.59 Å². The molecular formula is C23H18ClN3O2S2. The van der Waals surface area contributed by atoms with Gasteiger partial charge in [0.1, 0.15) is 0 Å². The first-order valence-electron chi connectivity index (χ1n) is 9.47. The molecule has 2 aromatic heterocycles. The number of nitrogens with zero attached hydrogens (tertiary/aromatic N) is 1. The number of rotatable bonds is 7. The molecule has 0 fully saturated rings. The molecule has 1 atom stereocenters. The van der Waals surface area contributed by atoms with Crippen LogP contribution in [0.15, 0.2) is 77.5 Å². The molecule has 8 heteroatoms. The van der Waals surface area contributed by atoms with E-state index in [1.54, 1.807) is 11.4 Å². The SMILES string of the molecule is O=C(Cc1csc(NC(=O)c2cccs2)n1)N[C@@H](c1ccccc1)c1ccc(Cl)cc1. The van der Waals surface area contributed by atoms with E-state index in [0.717, 1.165) is 11.1 Å². The number of hydrogen-bond acceptors (Lipinski definition) is 5. The Kier molecular flexibility index (Phi) is 6.76. The summed E-state index contributed by atoms with van der Waals surface area (Å²) in [6.07, 6.45) is 0.113. The third-order valence-electron chi connectivity index (χ3n) is 4.50. The zero-order valence-corrected chi connectivity index (χ0v) is 18.6. The van der Waals surface area contributed by atoms with E-state index in [1.807, 2.05) is 66.0 Å². The van der Waals surface area contributed by atoms with E-state index in [1.165, 1.54) is 22.7 Å². The quantitative estimate of drug-likeness (QED) is 0.374. The molecule has 0 radical (unpaired) electrons. The number of anilines is 1. The summed E-state index contributed by atoms with van der Waals surface area (Å²) in [4.78, 5) is 30.0. The number of thiazole rings is 1. The van der Waals surface area contributed by atoms with Gasteiger partial charge in [0.25, 0.3) is 5.91 Å². The van der Waals surface area contributed by atoms with E-state index < -0.39 is 0 Å². The molecule has 4 aromatic rings. The van der Waals surface area contributed by atoms with Crippen molar-refractivity contribution >= 4 is 51.2 Å². The van der Waals surface area contributed by atoms with Gasteiger partial charge < -0.3 is 5.32 Å². The van der Waals surface area contributed by atoms with Crippen LogP contribution in [-0.2, 0) is 11.2 Å². The number of benzene rings is 2. The summed E-state index contributed by atoms with van der Waals surface area (Å²) >= 11 is 8.68. The van der Waals surface area contributed by atoms with Gasteiger partial charge in [0.15, 0.2) is 5.13 Å². The van der Waals surface area contributed by atoms with Crippen LogP contribution in [0.1, 0.15) is 32.5 Å². The molecule has 0 aliphatic carbocycles. The van der Waals surface area contributed by atoms with Crippen LogP contribution in [-0.4, -0.2) is 16.8 Å². The lowest BCUT2D eigenvalue weighted by Gasteiger charge is -2.20. The molecule has 0 saturated heterocycles. The largest absolute Gasteiger partial charge is 0.345 e. The highest BCUT2D eigenvalue weighted by molar-refractivity contribution is 7.14. The zero-order chi connectivity index (χ0) is 21.6. The summed E-state index contributed by atoms with van der Waals surface area (Å²) in [5, 5.41) is 10.6. The number of halogens is 1. The van der Waals surface area contributed by atoms with Gasteiger partial charge in [-0.3, -0.25) is 14.9 Å². The van der Waals surface area contributed by atoms with Crippen LogP contribution in [0.25, 0.3) is 0 Å². The average molecular weight is 468 g/mol. The van der Waals surface area contributed by atoms with Crippen LogP contribution < -0.4 is 10.6 Å². The molecular weight excluding hydrogens is 450 g/mol. The van der Waals surface area contributed by atoms with Gasteiger partial charge in [-0.25, -0.2) is 4.98 Å². The van der Waals surface area contributed by atoms with Gasteiger partial charge in [-0.2, -0.15) is 0 Å². The predicted molar refractivity (Wildman–Crippen MR) is 126 cm³/mol. The molecule has 156 valence electrons. The minimum Gasteiger partial charge on any atom is -0.345 e. The predicted octanol–water partition coefficient (Wildman–Crippen LogP) is 5.56. The van der Waals surface area contributed by atoms with E-state index >= 15 is 0 Å². The first-order valence-corrected chi connectivity index (χ1v) is 11.6. The second-order valence-corrected chi connectivity index (χ2v) is 8.96. The van der Waals surface area contributed by atoms with Gasteiger partial charge in [-0.1, -0.05) is 60.1 Å². The Morgan fingerprint density at radius 1 is 0.935 bits per heavy atom. The molecule has 0 bridgehead atoms. The standard InChI is InChI=1S/C23H18ClN3O2S2/c24-17-10-8-16(9-11-17)21(15-5-2-1-3-6-15)26-20(28)13-18-14-31-23(25-18)27-22(29)19-7-4-12-30-19/h1-12,14,21H,13H2,(H,26,28)(H,25,27,29)/t21-/m0/s1. The molecule has 4 rings (SSSR count). The fourth-order valence-corrected chi connectivity index (χ4v) is 4.50. The fraction of sp³-hybridized carbons (Fsp3) is 0.0870. The van der Waals surface area contributed by atoms with Gasteiger partial charge >= 0.3 is 0 Å². The third kappa shape index (κ3) is 5.58. The molecule has 0 aliphatic rings. The lowest BCUT2D eigenvalue weighted by Crippen LogP contribution is -2.30. The second-order valence-electron chi connectivity index (χ2n) is 6.71. The normalized spacial score (nSPS) is 11.6. The lowest BCUT2D eigenvalue weighted by molar-refractivity contribution is -0.121. The highest BCUT2D eigenvalue weighted by Gasteiger charge is 2.18. The van der Waals surface area contributed by atoms with Crippen molar-refractivity contribution in [3.05, 3.63) is 104 Å². The smallest absolute Gasteiger partial charge is 0.267 e. The van der Waals surface area contributed by atoms with Crippen molar-refractivity contribution in [1.29, 1.82) is 0 Å². The maximum absolute atomic E-state index is 12.8. The van der Waals surface area contributed by atoms with Crippen LogP contribution in [0, 0.1) is 0 Å². The summed E-state index contributed by atoms with van der Waals surface area (Å²) in [6, 6.07) is 20.5. The average Bonchev–Trinajstić information content (AvgIpc) is 3.46. The minimum absolute atomic E-state index is 0.113. The first kappa shape index (κ1) is 21.2. The van der Waals surface area contributed by atoms with Crippen LogP contribution in [0.4, 0.5) is 5.13 Å². The topological polar surface area (TPSA) is 71.1 Å². The van der Waals surface area contributed by atoms with Crippen LogP contribution in [0.5, 0.6) is 0 Å². The molecule has 31 heavy (non-hydrogen) atoms. The Bertz CT molecular complexity index is 1160. The lowest BCUT2D eigenvalue weighted by atomic mass is 9.98. The summed E-state index contributed by atoms with van der Waals surface area (Å²) in [6.45, 7) is 0. The van der Waals surface area contributed by atoms with E-state index in [2.05, 4.69) is 15.6 Å². The highest BCUT2D eigenvalue weighted by Crippen LogP contribution is 2.24. The molecule has 2 heterocycles. The number of thiophene rings is 1. The third-order valence-corrected chi connectivity index (χ3v) is 6.43. The number of nitrogens with one attached hydrogen (secondary N) is 2. The molecule has 0 spiro atoms. The number of aromatic nitrogens is 1. The molecule has 2 aromatic carbocycles. The highest BCUT2D eigenvalue weighted by atomic mass is 35.5. The van der Waals surface area contributed by atoms with Crippen molar-refractivity contribution in [2.45, 2.75) is 12.5 Å². The van der Waals surface area contributed by atoms with E-state index in [4.69, 9.17) is 11.6 Å². The molecule has 0 unspecified atom stereocenters. The summed E-state index contributed by atoms with van der Waals surface area (Å²) < 4.78 is 0. The first-order chi connectivity index (χ1) is 15.1. The molecule has 5 nitrogen and oxygen atoms in total. The summed E-state index contributed by atoms with van der Waals surface area (Å²) in [7, 11) is 0. The molecule has 2 amide bonds. The van der Waals surface area contributed by atoms with E-state index in [-0.39, 0.29) is 24.3 Å². The molecule has 0 aliphatic heterocycles. The zero-order valence-electron chi connectivity index (χ0n) is 16.2. The van der Waals surface area contributed by atoms with Crippen molar-refractivity contribution in [2.24, 2.45) is 0 Å². The monoisotopic (exact) mass is 467 g/mol. The fourth-order valence-electron chi connectivity index (χ4n) is 3.05. The van der Waals surface area contributed by atoms with E-state index in [9.17, 15) is 9.59 Å². The van der Waals surface area contributed by atoms with Gasteiger partial charge in [0, 0.05) is 10.4 Å². The number of amides is 2. The minimum atomic E-state index is -0.303. The number of carbonyl (C=O) groups is 2. The molecule has 2 N–H and O–H groups in total. The Labute approximate surface area is 192 Å². The van der Waals surface area contributed by atoms with Crippen LogP contribution in [0.3, 0.4) is 0 Å².